The number of aryl methyl sites for hydroxylation is 1. The molecule has 1 fully saturated rings. The monoisotopic (exact) mass is 947 g/mol. The van der Waals surface area contributed by atoms with Crippen LogP contribution in [0.2, 0.25) is 0 Å². The van der Waals surface area contributed by atoms with Gasteiger partial charge >= 0.3 is 0 Å². The highest BCUT2D eigenvalue weighted by atomic mass is 16.5. The van der Waals surface area contributed by atoms with Crippen LogP contribution < -0.4 is 37.1 Å². The summed E-state index contributed by atoms with van der Waals surface area (Å²) in [7, 11) is 3.36. The van der Waals surface area contributed by atoms with Crippen LogP contribution in [0.15, 0.2) is 66.7 Å². The molecule has 3 aromatic rings. The molecule has 0 aromatic heterocycles. The van der Waals surface area contributed by atoms with E-state index < -0.39 is 64.9 Å². The zero-order valence-electron chi connectivity index (χ0n) is 42.1. The van der Waals surface area contributed by atoms with Gasteiger partial charge in [-0.2, -0.15) is 0 Å². The molecule has 0 bridgehead atoms. The standard InChI is InChI=1S/C54H74N8O7/c1-30(56-9)48(64)59-45(53(3,4)5)51(67)61-29-35(28-42(61)50(66)58-40-20-15-17-32-16-11-12-18-36(32)40)33-22-23-34-27-41(47(55)63)62(52(68)46(54(6,7)8)60-49(65)31(2)57-10)44(39(34)26-33)38-24-25-69-43-21-14-13-19-37(38)43/h11-14,16,18-19,21-23,26,30-31,35,38,40-42,44-46,56-57H,15,17,20,24-25,27-29H2,1-10H3,(H2,55,63)(H,58,66)(H,59,64)(H,60,65)/t30-,31-,35-,38+,40+,41?,42-,44?,45+,46+/m0/s1. The predicted molar refractivity (Wildman–Crippen MR) is 265 cm³/mol. The summed E-state index contributed by atoms with van der Waals surface area (Å²) in [6.45, 7) is 15.4. The number of carbonyl (C=O) groups is 6. The van der Waals surface area contributed by atoms with Crippen molar-refractivity contribution in [3.05, 3.63) is 100 Å². The van der Waals surface area contributed by atoms with Gasteiger partial charge in [-0.25, -0.2) is 0 Å². The maximum atomic E-state index is 15.5. The van der Waals surface area contributed by atoms with Gasteiger partial charge in [-0.3, -0.25) is 28.8 Å². The first-order valence-electron chi connectivity index (χ1n) is 24.7. The first-order valence-corrected chi connectivity index (χ1v) is 24.7. The fourth-order valence-corrected chi connectivity index (χ4v) is 10.8. The molecule has 0 saturated carbocycles. The Balaban J connectivity index is 1.33. The third-order valence-corrected chi connectivity index (χ3v) is 15.0. The second-order valence-corrected chi connectivity index (χ2v) is 21.8. The molecular formula is C54H74N8O7. The number of amides is 6. The van der Waals surface area contributed by atoms with Crippen molar-refractivity contribution in [2.24, 2.45) is 16.6 Å². The highest BCUT2D eigenvalue weighted by Crippen LogP contribution is 2.50. The Morgan fingerprint density at radius 2 is 1.33 bits per heavy atom. The molecule has 3 aliphatic heterocycles. The minimum Gasteiger partial charge on any atom is -0.493 e. The molecule has 1 saturated heterocycles. The molecule has 10 atom stereocenters. The lowest BCUT2D eigenvalue weighted by Gasteiger charge is -2.49. The van der Waals surface area contributed by atoms with Gasteiger partial charge in [-0.1, -0.05) is 102 Å². The molecule has 1 aliphatic carbocycles. The minimum absolute atomic E-state index is 0.150. The number of carbonyl (C=O) groups excluding carboxylic acids is 6. The number of likely N-dealkylation sites (tertiary alicyclic amines) is 1. The second-order valence-electron chi connectivity index (χ2n) is 21.8. The molecule has 0 radical (unpaired) electrons. The number of ether oxygens (including phenoxy) is 1. The number of benzene rings is 3. The number of primary amides is 1. The van der Waals surface area contributed by atoms with Crippen molar-refractivity contribution in [2.75, 3.05) is 27.2 Å². The van der Waals surface area contributed by atoms with E-state index in [0.29, 0.717) is 25.2 Å². The van der Waals surface area contributed by atoms with Gasteiger partial charge in [0.15, 0.2) is 0 Å². The van der Waals surface area contributed by atoms with Crippen LogP contribution in [0, 0.1) is 10.8 Å². The van der Waals surface area contributed by atoms with Gasteiger partial charge in [0.05, 0.1) is 30.8 Å². The number of hydrogen-bond donors (Lipinski definition) is 6. The summed E-state index contributed by atoms with van der Waals surface area (Å²) in [6.07, 6.45) is 3.60. The number of rotatable bonds is 13. The molecule has 15 nitrogen and oxygen atoms in total. The molecule has 7 N–H and O–H groups in total. The van der Waals surface area contributed by atoms with Crippen molar-refractivity contribution in [3.8, 4) is 5.75 Å². The third-order valence-electron chi connectivity index (χ3n) is 15.0. The van der Waals surface area contributed by atoms with E-state index in [1.165, 1.54) is 5.56 Å². The Labute approximate surface area is 407 Å². The fourth-order valence-electron chi connectivity index (χ4n) is 10.8. The minimum atomic E-state index is -1.04. The molecule has 372 valence electrons. The number of hydrogen-bond acceptors (Lipinski definition) is 9. The van der Waals surface area contributed by atoms with Crippen molar-refractivity contribution in [2.45, 2.75) is 154 Å². The first-order chi connectivity index (χ1) is 32.6. The summed E-state index contributed by atoms with van der Waals surface area (Å²) < 4.78 is 6.17. The van der Waals surface area contributed by atoms with Crippen LogP contribution in [-0.4, -0.2) is 109 Å². The molecule has 6 amide bonds. The molecule has 69 heavy (non-hydrogen) atoms. The van der Waals surface area contributed by atoms with Crippen molar-refractivity contribution in [3.63, 3.8) is 0 Å². The average Bonchev–Trinajstić information content (AvgIpc) is 3.78. The van der Waals surface area contributed by atoms with E-state index in [-0.39, 0.29) is 54.5 Å². The Kier molecular flexibility index (Phi) is 15.3. The first kappa shape index (κ1) is 51.1. The number of nitrogens with two attached hydrogens (primary N) is 1. The van der Waals surface area contributed by atoms with E-state index >= 15 is 9.59 Å². The summed E-state index contributed by atoms with van der Waals surface area (Å²) >= 11 is 0. The van der Waals surface area contributed by atoms with Crippen molar-refractivity contribution >= 4 is 35.4 Å². The lowest BCUT2D eigenvalue weighted by molar-refractivity contribution is -0.149. The molecule has 2 unspecified atom stereocenters. The maximum Gasteiger partial charge on any atom is 0.246 e. The summed E-state index contributed by atoms with van der Waals surface area (Å²) in [5.41, 5.74) is 10.5. The molecule has 0 spiro atoms. The van der Waals surface area contributed by atoms with Gasteiger partial charge in [-0.15, -0.1) is 0 Å². The smallest absolute Gasteiger partial charge is 0.246 e. The van der Waals surface area contributed by atoms with Gasteiger partial charge in [0, 0.05) is 24.8 Å². The highest BCUT2D eigenvalue weighted by molar-refractivity contribution is 5.95. The van der Waals surface area contributed by atoms with E-state index in [2.05, 4.69) is 44.8 Å². The molecule has 15 heteroatoms. The zero-order chi connectivity index (χ0) is 50.1. The van der Waals surface area contributed by atoms with Crippen LogP contribution in [0.25, 0.3) is 0 Å². The van der Waals surface area contributed by atoms with Crippen molar-refractivity contribution in [1.82, 2.24) is 36.4 Å². The van der Waals surface area contributed by atoms with Gasteiger partial charge in [-0.05, 0) is 110 Å². The Morgan fingerprint density at radius 3 is 1.96 bits per heavy atom. The summed E-state index contributed by atoms with van der Waals surface area (Å²) in [6, 6.07) is 16.0. The van der Waals surface area contributed by atoms with Crippen LogP contribution in [0.5, 0.6) is 5.75 Å². The highest BCUT2D eigenvalue weighted by Gasteiger charge is 2.51. The van der Waals surface area contributed by atoms with E-state index in [0.717, 1.165) is 47.1 Å². The zero-order valence-corrected chi connectivity index (χ0v) is 42.1. The average molecular weight is 947 g/mol. The predicted octanol–water partition coefficient (Wildman–Crippen LogP) is 4.69. The van der Waals surface area contributed by atoms with Crippen LogP contribution in [0.4, 0.5) is 0 Å². The second kappa shape index (κ2) is 20.7. The van der Waals surface area contributed by atoms with Crippen LogP contribution in [0.1, 0.15) is 138 Å². The quantitative estimate of drug-likeness (QED) is 0.141. The third kappa shape index (κ3) is 10.7. The van der Waals surface area contributed by atoms with Crippen LogP contribution in [-0.2, 0) is 41.6 Å². The maximum absolute atomic E-state index is 15.5. The molecular weight excluding hydrogens is 873 g/mol. The van der Waals surface area contributed by atoms with Gasteiger partial charge < -0.3 is 46.9 Å². The van der Waals surface area contributed by atoms with Crippen molar-refractivity contribution in [1.29, 1.82) is 0 Å². The molecule has 3 aromatic carbocycles. The Morgan fingerprint density at radius 1 is 0.725 bits per heavy atom. The van der Waals surface area contributed by atoms with E-state index in [9.17, 15) is 19.2 Å². The van der Waals surface area contributed by atoms with E-state index in [4.69, 9.17) is 10.5 Å². The summed E-state index contributed by atoms with van der Waals surface area (Å²) in [5.74, 6) is -2.33. The topological polar surface area (TPSA) is 204 Å². The number of fused-ring (bicyclic) bond motifs is 3. The summed E-state index contributed by atoms with van der Waals surface area (Å²) in [5, 5.41) is 15.3. The van der Waals surface area contributed by atoms with E-state index in [1.54, 1.807) is 37.7 Å². The van der Waals surface area contributed by atoms with Gasteiger partial charge in [0.1, 0.15) is 29.9 Å². The van der Waals surface area contributed by atoms with Crippen LogP contribution >= 0.6 is 0 Å². The molecule has 3 heterocycles. The van der Waals surface area contributed by atoms with Gasteiger partial charge in [0.25, 0.3) is 0 Å². The lowest BCUT2D eigenvalue weighted by Crippen LogP contribution is -2.63. The lowest BCUT2D eigenvalue weighted by atomic mass is 9.74. The van der Waals surface area contributed by atoms with Crippen molar-refractivity contribution < 1.29 is 33.5 Å². The number of likely N-dealkylation sites (N-methyl/N-ethyl adjacent to an activating group) is 2. The largest absolute Gasteiger partial charge is 0.493 e. The molecule has 7 rings (SSSR count). The number of nitrogens with one attached hydrogen (secondary N) is 5. The number of nitrogens with zero attached hydrogens (tertiary/aromatic N) is 2. The van der Waals surface area contributed by atoms with Gasteiger partial charge in [0.2, 0.25) is 35.4 Å². The Hall–Kier alpha value is -5.80. The molecule has 4 aliphatic rings. The number of para-hydroxylation sites is 1. The fraction of sp³-hybridized carbons (Fsp3) is 0.556. The normalized spacial score (nSPS) is 24.0. The van der Waals surface area contributed by atoms with Crippen LogP contribution in [0.3, 0.4) is 0 Å². The van der Waals surface area contributed by atoms with E-state index in [1.807, 2.05) is 90.1 Å². The summed E-state index contributed by atoms with van der Waals surface area (Å²) in [4.78, 5) is 89.5. The Bertz CT molecular complexity index is 2430. The SMILES string of the molecule is CN[C@@H](C)C(=O)N[C@H](C(=O)N1C(C(N)=O)Cc2ccc([C@H]3C[C@@H](C(=O)N[C@@H]4CCCc5ccccc54)N(C(=O)[C@@H](NC(=O)[C@H](C)NC)C(C)(C)C)C3)cc2C1[C@@H]1CCOc2ccccc21)C(C)(C)C.